The predicted molar refractivity (Wildman–Crippen MR) is 190 cm³/mol. The molecule has 0 atom stereocenters. The van der Waals surface area contributed by atoms with Crippen LogP contribution in [0, 0.1) is 0 Å². The van der Waals surface area contributed by atoms with Crippen molar-refractivity contribution >= 4 is 107 Å². The highest BCUT2D eigenvalue weighted by Gasteiger charge is 2.22. The van der Waals surface area contributed by atoms with Gasteiger partial charge in [0.05, 0.1) is 16.7 Å². The van der Waals surface area contributed by atoms with Crippen LogP contribution >= 0.6 is 34.3 Å². The summed E-state index contributed by atoms with van der Waals surface area (Å²) in [6, 6.07) is 43.6. The molecular weight excluding hydrogens is 598 g/mol. The molecule has 0 fully saturated rings. The molecular formula is C38H20ClN3S2. The fourth-order valence-corrected chi connectivity index (χ4v) is 9.53. The van der Waals surface area contributed by atoms with E-state index in [-0.39, 0.29) is 5.28 Å². The fourth-order valence-electron chi connectivity index (χ4n) is 6.99. The number of aromatic nitrogens is 3. The van der Waals surface area contributed by atoms with E-state index >= 15 is 0 Å². The number of nitrogens with zero attached hydrogens (tertiary/aromatic N) is 3. The quantitative estimate of drug-likeness (QED) is 0.181. The highest BCUT2D eigenvalue weighted by molar-refractivity contribution is 7.27. The number of halogens is 1. The molecule has 10 rings (SSSR count). The lowest BCUT2D eigenvalue weighted by Crippen LogP contribution is -1.96. The minimum Gasteiger partial charge on any atom is -0.309 e. The SMILES string of the molecule is Clc1nc(-c2cccc(-n3c4ccccc4c4c5c6ccccc6sc5c5ccccc5c43)c2)c2c(n1)sc1ccccc12. The number of hydrogen-bond donors (Lipinski definition) is 0. The van der Waals surface area contributed by atoms with Crippen LogP contribution in [0.3, 0.4) is 0 Å². The van der Waals surface area contributed by atoms with Crippen LogP contribution in [0.15, 0.2) is 121 Å². The largest absolute Gasteiger partial charge is 0.309 e. The van der Waals surface area contributed by atoms with E-state index in [9.17, 15) is 0 Å². The van der Waals surface area contributed by atoms with Crippen LogP contribution in [0.25, 0.3) is 90.0 Å². The molecule has 3 nitrogen and oxygen atoms in total. The van der Waals surface area contributed by atoms with E-state index in [0.717, 1.165) is 32.5 Å². The number of para-hydroxylation sites is 1. The molecule has 0 aliphatic rings. The van der Waals surface area contributed by atoms with E-state index < -0.39 is 0 Å². The van der Waals surface area contributed by atoms with Gasteiger partial charge in [0.2, 0.25) is 5.28 Å². The molecule has 0 aliphatic heterocycles. The standard InChI is InChI=1S/C38H20ClN3S2/c39-38-40-34(33-27-16-5-8-19-30(27)44-37(33)41-38)21-10-9-11-22(20-21)42-28-17-6-3-14-25(28)31-32-26-15-4-7-18-29(26)43-36(32)24-13-2-1-12-23(24)35(31)42/h1-20H. The number of fused-ring (bicyclic) bond motifs is 13. The van der Waals surface area contributed by atoms with Crippen LogP contribution in [-0.2, 0) is 0 Å². The summed E-state index contributed by atoms with van der Waals surface area (Å²) >= 11 is 10.1. The molecule has 0 aliphatic carbocycles. The van der Waals surface area contributed by atoms with Gasteiger partial charge in [-0.05, 0) is 41.9 Å². The summed E-state index contributed by atoms with van der Waals surface area (Å²) in [4.78, 5) is 10.3. The van der Waals surface area contributed by atoms with Crippen molar-refractivity contribution in [1.29, 1.82) is 0 Å². The van der Waals surface area contributed by atoms with Crippen molar-refractivity contribution in [3.63, 3.8) is 0 Å². The molecule has 6 heteroatoms. The second-order valence-corrected chi connectivity index (χ2v) is 13.5. The molecule has 0 saturated carbocycles. The number of thiophene rings is 2. The maximum absolute atomic E-state index is 6.53. The Morgan fingerprint density at radius 2 is 1.20 bits per heavy atom. The Labute approximate surface area is 264 Å². The van der Waals surface area contributed by atoms with Gasteiger partial charge in [-0.3, -0.25) is 0 Å². The fraction of sp³-hybridized carbons (Fsp3) is 0. The van der Waals surface area contributed by atoms with E-state index in [4.69, 9.17) is 16.6 Å². The first kappa shape index (κ1) is 24.6. The predicted octanol–water partition coefficient (Wildman–Crippen LogP) is 11.8. The lowest BCUT2D eigenvalue weighted by molar-refractivity contribution is 1.18. The zero-order valence-electron chi connectivity index (χ0n) is 23.1. The Morgan fingerprint density at radius 1 is 0.545 bits per heavy atom. The molecule has 4 aromatic heterocycles. The van der Waals surface area contributed by atoms with Crippen LogP contribution in [-0.4, -0.2) is 14.5 Å². The van der Waals surface area contributed by atoms with Crippen molar-refractivity contribution in [1.82, 2.24) is 14.5 Å². The second kappa shape index (κ2) is 9.10. The molecule has 0 N–H and O–H groups in total. The molecule has 4 heterocycles. The maximum atomic E-state index is 6.53. The summed E-state index contributed by atoms with van der Waals surface area (Å²) < 4.78 is 6.27. The van der Waals surface area contributed by atoms with Gasteiger partial charge in [-0.15, -0.1) is 22.7 Å². The molecule has 0 unspecified atom stereocenters. The lowest BCUT2D eigenvalue weighted by Gasteiger charge is -2.13. The van der Waals surface area contributed by atoms with Gasteiger partial charge in [0, 0.05) is 68.4 Å². The minimum absolute atomic E-state index is 0.263. The number of rotatable bonds is 2. The summed E-state index contributed by atoms with van der Waals surface area (Å²) in [5.41, 5.74) is 5.36. The van der Waals surface area contributed by atoms with Gasteiger partial charge in [-0.25, -0.2) is 9.97 Å². The summed E-state index contributed by atoms with van der Waals surface area (Å²) in [6.45, 7) is 0. The Morgan fingerprint density at radius 3 is 2.02 bits per heavy atom. The van der Waals surface area contributed by atoms with Crippen molar-refractivity contribution in [3.8, 4) is 16.9 Å². The molecule has 44 heavy (non-hydrogen) atoms. The zero-order valence-corrected chi connectivity index (χ0v) is 25.5. The third kappa shape index (κ3) is 3.32. The number of hydrogen-bond acceptors (Lipinski definition) is 4. The van der Waals surface area contributed by atoms with Crippen LogP contribution < -0.4 is 0 Å². The first-order chi connectivity index (χ1) is 21.7. The third-order valence-corrected chi connectivity index (χ3v) is 11.2. The van der Waals surface area contributed by atoms with Crippen molar-refractivity contribution in [2.24, 2.45) is 0 Å². The van der Waals surface area contributed by atoms with Crippen molar-refractivity contribution < 1.29 is 0 Å². The summed E-state index contributed by atoms with van der Waals surface area (Å²) in [5.74, 6) is 0. The van der Waals surface area contributed by atoms with Crippen LogP contribution in [0.1, 0.15) is 0 Å². The minimum atomic E-state index is 0.263. The Bertz CT molecular complexity index is 2800. The normalized spacial score (nSPS) is 12.2. The smallest absolute Gasteiger partial charge is 0.224 e. The van der Waals surface area contributed by atoms with Gasteiger partial charge in [-0.2, -0.15) is 0 Å². The lowest BCUT2D eigenvalue weighted by atomic mass is 10.00. The van der Waals surface area contributed by atoms with Gasteiger partial charge in [0.15, 0.2) is 0 Å². The van der Waals surface area contributed by atoms with Gasteiger partial charge in [0.25, 0.3) is 0 Å². The van der Waals surface area contributed by atoms with Crippen molar-refractivity contribution in [3.05, 3.63) is 127 Å². The van der Waals surface area contributed by atoms with E-state index in [1.165, 1.54) is 57.5 Å². The summed E-state index contributed by atoms with van der Waals surface area (Å²) in [5, 5.41) is 10.2. The molecule has 0 amide bonds. The Kier molecular flexibility index (Phi) is 5.09. The van der Waals surface area contributed by atoms with Gasteiger partial charge < -0.3 is 4.57 Å². The van der Waals surface area contributed by atoms with E-state index in [0.29, 0.717) is 0 Å². The topological polar surface area (TPSA) is 30.7 Å². The highest BCUT2D eigenvalue weighted by Crippen LogP contribution is 2.48. The third-order valence-electron chi connectivity index (χ3n) is 8.74. The zero-order chi connectivity index (χ0) is 28.9. The average molecular weight is 618 g/mol. The van der Waals surface area contributed by atoms with Gasteiger partial charge >= 0.3 is 0 Å². The Balaban J connectivity index is 1.36. The molecule has 206 valence electrons. The Hall–Kier alpha value is -4.81. The maximum Gasteiger partial charge on any atom is 0.224 e. The van der Waals surface area contributed by atoms with E-state index in [1.54, 1.807) is 11.3 Å². The van der Waals surface area contributed by atoms with Crippen LogP contribution in [0.5, 0.6) is 0 Å². The van der Waals surface area contributed by atoms with E-state index in [1.807, 2.05) is 11.3 Å². The highest BCUT2D eigenvalue weighted by atomic mass is 35.5. The molecule has 0 spiro atoms. The van der Waals surface area contributed by atoms with Crippen molar-refractivity contribution in [2.75, 3.05) is 0 Å². The van der Waals surface area contributed by atoms with Crippen LogP contribution in [0.4, 0.5) is 0 Å². The van der Waals surface area contributed by atoms with E-state index in [2.05, 4.69) is 131 Å². The molecule has 6 aromatic carbocycles. The number of benzene rings is 6. The molecule has 0 saturated heterocycles. The van der Waals surface area contributed by atoms with Gasteiger partial charge in [-0.1, -0.05) is 91.0 Å². The molecule has 0 radical (unpaired) electrons. The summed E-state index contributed by atoms with van der Waals surface area (Å²) in [7, 11) is 0. The average Bonchev–Trinajstić information content (AvgIpc) is 3.74. The monoisotopic (exact) mass is 617 g/mol. The second-order valence-electron chi connectivity index (χ2n) is 11.1. The summed E-state index contributed by atoms with van der Waals surface area (Å²) in [6.07, 6.45) is 0. The molecule has 0 bridgehead atoms. The first-order valence-electron chi connectivity index (χ1n) is 14.5. The van der Waals surface area contributed by atoms with Crippen LogP contribution in [0.2, 0.25) is 5.28 Å². The first-order valence-corrected chi connectivity index (χ1v) is 16.5. The molecule has 10 aromatic rings. The van der Waals surface area contributed by atoms with Crippen molar-refractivity contribution in [2.45, 2.75) is 0 Å². The van der Waals surface area contributed by atoms with Gasteiger partial charge in [0.1, 0.15) is 4.83 Å².